The molecule has 0 bridgehead atoms. The minimum absolute atomic E-state index is 0.329. The summed E-state index contributed by atoms with van der Waals surface area (Å²) in [6.45, 7) is 1.16. The van der Waals surface area contributed by atoms with Crippen LogP contribution in [-0.4, -0.2) is 34.8 Å². The number of hydrogen-bond donors (Lipinski definition) is 0. The standard InChI is InChI=1S/C13H21BN2O3/c1-6-7-17-11-9-15-10(8-16-11)14-18-12(2,3)13(4,5)19-14/h8-9H,6-7H2,1-5H3/i1D3,6D2,7D2. The minimum Gasteiger partial charge on any atom is -0.477 e. The van der Waals surface area contributed by atoms with Crippen LogP contribution in [0.2, 0.25) is 0 Å². The van der Waals surface area contributed by atoms with E-state index < -0.39 is 38.1 Å². The molecule has 1 fully saturated rings. The predicted molar refractivity (Wildman–Crippen MR) is 73.5 cm³/mol. The van der Waals surface area contributed by atoms with Gasteiger partial charge >= 0.3 is 7.12 Å². The minimum atomic E-state index is -3.24. The maximum atomic E-state index is 7.64. The average Bonchev–Trinajstić information content (AvgIpc) is 2.66. The molecular formula is C13H21BN2O3. The summed E-state index contributed by atoms with van der Waals surface area (Å²) in [6.07, 6.45) is -0.932. The van der Waals surface area contributed by atoms with Crippen LogP contribution in [0.4, 0.5) is 0 Å². The van der Waals surface area contributed by atoms with Crippen molar-refractivity contribution in [2.45, 2.75) is 52.1 Å². The first kappa shape index (κ1) is 7.60. The van der Waals surface area contributed by atoms with Crippen molar-refractivity contribution in [3.05, 3.63) is 12.4 Å². The molecule has 0 unspecified atom stereocenters. The second-order valence-corrected chi connectivity index (χ2v) is 5.20. The molecule has 0 saturated carbocycles. The van der Waals surface area contributed by atoms with Crippen LogP contribution in [0.1, 0.15) is 50.5 Å². The van der Waals surface area contributed by atoms with Gasteiger partial charge in [-0.05, 0) is 34.1 Å². The molecule has 1 saturated heterocycles. The van der Waals surface area contributed by atoms with Gasteiger partial charge in [-0.15, -0.1) is 0 Å². The Morgan fingerprint density at radius 2 is 1.95 bits per heavy atom. The van der Waals surface area contributed by atoms with Crippen molar-refractivity contribution >= 4 is 12.7 Å². The summed E-state index contributed by atoms with van der Waals surface area (Å²) in [4.78, 5) is 7.92. The first-order valence-electron chi connectivity index (χ1n) is 9.37. The molecule has 0 aliphatic carbocycles. The molecule has 2 heterocycles. The van der Waals surface area contributed by atoms with Crippen molar-refractivity contribution in [3.63, 3.8) is 0 Å². The second-order valence-electron chi connectivity index (χ2n) is 5.20. The topological polar surface area (TPSA) is 53.5 Å². The smallest absolute Gasteiger partial charge is 0.477 e. The van der Waals surface area contributed by atoms with Crippen LogP contribution < -0.4 is 10.3 Å². The van der Waals surface area contributed by atoms with Crippen LogP contribution in [0.25, 0.3) is 0 Å². The molecule has 19 heavy (non-hydrogen) atoms. The molecule has 1 aromatic rings. The van der Waals surface area contributed by atoms with E-state index in [1.165, 1.54) is 6.20 Å². The third-order valence-corrected chi connectivity index (χ3v) is 3.35. The van der Waals surface area contributed by atoms with Crippen LogP contribution in [0.5, 0.6) is 5.88 Å². The third kappa shape index (κ3) is 2.90. The fourth-order valence-corrected chi connectivity index (χ4v) is 1.54. The Labute approximate surface area is 124 Å². The van der Waals surface area contributed by atoms with E-state index in [1.54, 1.807) is 0 Å². The number of ether oxygens (including phenoxy) is 1. The maximum absolute atomic E-state index is 7.64. The van der Waals surface area contributed by atoms with E-state index in [-0.39, 0.29) is 5.88 Å². The molecule has 5 nitrogen and oxygen atoms in total. The summed E-state index contributed by atoms with van der Waals surface area (Å²) in [5, 5.41) is 0. The molecule has 2 rings (SSSR count). The van der Waals surface area contributed by atoms with E-state index in [9.17, 15) is 0 Å². The lowest BCUT2D eigenvalue weighted by atomic mass is 9.85. The van der Waals surface area contributed by atoms with Gasteiger partial charge in [0.1, 0.15) is 0 Å². The van der Waals surface area contributed by atoms with Crippen molar-refractivity contribution < 1.29 is 23.6 Å². The molecule has 0 N–H and O–H groups in total. The number of hydrogen-bond acceptors (Lipinski definition) is 5. The molecular weight excluding hydrogens is 243 g/mol. The van der Waals surface area contributed by atoms with Gasteiger partial charge in [0.2, 0.25) is 5.88 Å². The molecule has 0 spiro atoms. The van der Waals surface area contributed by atoms with Gasteiger partial charge in [0, 0.05) is 13.1 Å². The lowest BCUT2D eigenvalue weighted by molar-refractivity contribution is 0.00578. The summed E-state index contributed by atoms with van der Waals surface area (Å²) < 4.78 is 68.2. The zero-order chi connectivity index (χ0) is 20.2. The van der Waals surface area contributed by atoms with Gasteiger partial charge in [-0.2, -0.15) is 0 Å². The van der Waals surface area contributed by atoms with E-state index in [0.717, 1.165) is 6.20 Å². The molecule has 0 amide bonds. The molecule has 0 atom stereocenters. The van der Waals surface area contributed by atoms with Crippen molar-refractivity contribution in [3.8, 4) is 5.88 Å². The Balaban J connectivity index is 2.16. The Morgan fingerprint density at radius 1 is 1.26 bits per heavy atom. The van der Waals surface area contributed by atoms with E-state index in [2.05, 4.69) is 9.97 Å². The Hall–Kier alpha value is -1.14. The van der Waals surface area contributed by atoms with Crippen molar-refractivity contribution in [2.24, 2.45) is 0 Å². The summed E-state index contributed by atoms with van der Waals surface area (Å²) in [5.74, 6) is -0.358. The molecule has 1 aliphatic heterocycles. The maximum Gasteiger partial charge on any atom is 0.516 e. The average molecular weight is 271 g/mol. The lowest BCUT2D eigenvalue weighted by Gasteiger charge is -2.32. The number of nitrogens with zero attached hydrogens (tertiary/aromatic N) is 2. The van der Waals surface area contributed by atoms with Crippen molar-refractivity contribution in [2.75, 3.05) is 6.56 Å². The SMILES string of the molecule is [2H]C([2H])([2H])C([2H])([2H])C([2H])([2H])Oc1cnc(B2OC(C)(C)C(C)(C)O2)cn1. The first-order chi connectivity index (χ1) is 11.5. The van der Waals surface area contributed by atoms with E-state index >= 15 is 0 Å². The molecule has 104 valence electrons. The van der Waals surface area contributed by atoms with Gasteiger partial charge in [-0.25, -0.2) is 4.98 Å². The highest BCUT2D eigenvalue weighted by molar-refractivity contribution is 6.61. The van der Waals surface area contributed by atoms with Gasteiger partial charge in [0.25, 0.3) is 0 Å². The van der Waals surface area contributed by atoms with Gasteiger partial charge in [-0.1, -0.05) is 6.85 Å². The summed E-state index contributed by atoms with van der Waals surface area (Å²) in [7, 11) is -0.771. The van der Waals surface area contributed by atoms with Crippen molar-refractivity contribution in [1.82, 2.24) is 9.97 Å². The zero-order valence-electron chi connectivity index (χ0n) is 18.4. The van der Waals surface area contributed by atoms with Gasteiger partial charge in [-0.3, -0.25) is 4.98 Å². The molecule has 6 heteroatoms. The van der Waals surface area contributed by atoms with E-state index in [4.69, 9.17) is 23.6 Å². The molecule has 0 radical (unpaired) electrons. The largest absolute Gasteiger partial charge is 0.516 e. The van der Waals surface area contributed by atoms with E-state index in [0.29, 0.717) is 5.59 Å². The molecule has 0 aromatic carbocycles. The highest BCUT2D eigenvalue weighted by Crippen LogP contribution is 2.36. The fourth-order valence-electron chi connectivity index (χ4n) is 1.54. The predicted octanol–water partition coefficient (Wildman–Crippen LogP) is 1.56. The summed E-state index contributed by atoms with van der Waals surface area (Å²) >= 11 is 0. The van der Waals surface area contributed by atoms with Crippen LogP contribution >= 0.6 is 0 Å². The second kappa shape index (κ2) is 5.09. The summed E-state index contributed by atoms with van der Waals surface area (Å²) in [5.41, 5.74) is -0.806. The third-order valence-electron chi connectivity index (χ3n) is 3.35. The molecule has 1 aromatic heterocycles. The Morgan fingerprint density at radius 3 is 2.47 bits per heavy atom. The number of aromatic nitrogens is 2. The Bertz CT molecular complexity index is 649. The van der Waals surface area contributed by atoms with Gasteiger partial charge in [0.05, 0.1) is 32.3 Å². The van der Waals surface area contributed by atoms with Gasteiger partial charge in [0.15, 0.2) is 0 Å². The number of rotatable bonds is 4. The Kier molecular flexibility index (Phi) is 2.04. The van der Waals surface area contributed by atoms with E-state index in [1.807, 2.05) is 27.7 Å². The highest BCUT2D eigenvalue weighted by Gasteiger charge is 2.52. The normalized spacial score (nSPS) is 28.2. The fraction of sp³-hybridized carbons (Fsp3) is 0.692. The lowest BCUT2D eigenvalue weighted by Crippen LogP contribution is -2.41. The molecule has 1 aliphatic rings. The van der Waals surface area contributed by atoms with Crippen LogP contribution in [0.15, 0.2) is 12.4 Å². The van der Waals surface area contributed by atoms with Crippen LogP contribution in [0.3, 0.4) is 0 Å². The van der Waals surface area contributed by atoms with Crippen LogP contribution in [0, 0.1) is 0 Å². The van der Waals surface area contributed by atoms with Crippen LogP contribution in [-0.2, 0) is 9.31 Å². The quantitative estimate of drug-likeness (QED) is 0.778. The van der Waals surface area contributed by atoms with Gasteiger partial charge < -0.3 is 14.0 Å². The van der Waals surface area contributed by atoms with Crippen molar-refractivity contribution in [1.29, 1.82) is 0 Å². The zero-order valence-corrected chi connectivity index (χ0v) is 11.4. The highest BCUT2D eigenvalue weighted by atomic mass is 16.7. The first-order valence-corrected chi connectivity index (χ1v) is 5.87. The summed E-state index contributed by atoms with van der Waals surface area (Å²) in [6, 6.07) is 0. The monoisotopic (exact) mass is 271 g/mol.